The second kappa shape index (κ2) is 7.67. The van der Waals surface area contributed by atoms with Crippen LogP contribution in [0.4, 0.5) is 18.9 Å². The molecule has 0 bridgehead atoms. The molecule has 2 aromatic heterocycles. The number of hydrogen-bond acceptors (Lipinski definition) is 5. The monoisotopic (exact) mass is 422 g/mol. The van der Waals surface area contributed by atoms with Crippen LogP contribution in [-0.2, 0) is 17.4 Å². The van der Waals surface area contributed by atoms with E-state index in [1.807, 2.05) is 6.07 Å². The number of benzene rings is 1. The fourth-order valence-electron chi connectivity index (χ4n) is 2.84. The Bertz CT molecular complexity index is 1150. The number of aryl methyl sites for hydroxylation is 2. The lowest BCUT2D eigenvalue weighted by Crippen LogP contribution is -2.14. The number of halogens is 4. The minimum atomic E-state index is -4.67. The number of nitrogens with one attached hydrogen (secondary N) is 1. The molecule has 2 heterocycles. The third kappa shape index (κ3) is 4.30. The molecule has 1 N–H and O–H groups in total. The molecule has 0 aliphatic carbocycles. The van der Waals surface area contributed by atoms with E-state index in [-0.39, 0.29) is 35.1 Å². The molecular formula is C18H14ClF3N6O. The molecule has 1 amide bonds. The first-order valence-electron chi connectivity index (χ1n) is 8.39. The van der Waals surface area contributed by atoms with E-state index >= 15 is 0 Å². The maximum Gasteiger partial charge on any atom is 0.453 e. The van der Waals surface area contributed by atoms with Crippen molar-refractivity contribution in [3.05, 3.63) is 51.6 Å². The summed E-state index contributed by atoms with van der Waals surface area (Å²) in [6.07, 6.45) is -4.37. The van der Waals surface area contributed by atoms with E-state index in [1.54, 1.807) is 19.9 Å². The standard InChI is InChI=1S/C18H14ClF3N6O/c1-9-13(10(2)28-17(24-9)26-16(27-28)18(20,21)22)4-6-15(29)25-12-3-5-14(19)11(7-12)8-23/h3,5,7H,4,6H2,1-2H3,(H,25,29). The Balaban J connectivity index is 1.78. The summed E-state index contributed by atoms with van der Waals surface area (Å²) in [7, 11) is 0. The Kier molecular flexibility index (Phi) is 5.44. The van der Waals surface area contributed by atoms with Crippen LogP contribution < -0.4 is 5.32 Å². The fraction of sp³-hybridized carbons (Fsp3) is 0.278. The van der Waals surface area contributed by atoms with Gasteiger partial charge in [0.25, 0.3) is 11.6 Å². The van der Waals surface area contributed by atoms with E-state index in [1.165, 1.54) is 12.1 Å². The van der Waals surface area contributed by atoms with Crippen molar-refractivity contribution < 1.29 is 18.0 Å². The molecule has 0 spiro atoms. The van der Waals surface area contributed by atoms with E-state index in [9.17, 15) is 18.0 Å². The quantitative estimate of drug-likeness (QED) is 0.688. The molecule has 0 unspecified atom stereocenters. The number of nitriles is 1. The summed E-state index contributed by atoms with van der Waals surface area (Å²) in [6.45, 7) is 3.24. The number of amides is 1. The minimum absolute atomic E-state index is 0.0558. The van der Waals surface area contributed by atoms with E-state index in [0.29, 0.717) is 22.6 Å². The van der Waals surface area contributed by atoms with Crippen molar-refractivity contribution in [3.63, 3.8) is 0 Å². The average Bonchev–Trinajstić information content (AvgIpc) is 3.07. The van der Waals surface area contributed by atoms with Gasteiger partial charge in [0.1, 0.15) is 6.07 Å². The average molecular weight is 423 g/mol. The number of alkyl halides is 3. The van der Waals surface area contributed by atoms with E-state index in [4.69, 9.17) is 16.9 Å². The zero-order valence-electron chi connectivity index (χ0n) is 15.3. The molecule has 0 atom stereocenters. The minimum Gasteiger partial charge on any atom is -0.326 e. The Morgan fingerprint density at radius 3 is 2.69 bits per heavy atom. The lowest BCUT2D eigenvalue weighted by Gasteiger charge is -2.11. The van der Waals surface area contributed by atoms with Crippen LogP contribution in [0.15, 0.2) is 18.2 Å². The van der Waals surface area contributed by atoms with Crippen molar-refractivity contribution >= 4 is 29.0 Å². The summed E-state index contributed by atoms with van der Waals surface area (Å²) in [5.41, 5.74) is 2.17. The number of carbonyl (C=O) groups is 1. The van der Waals surface area contributed by atoms with Crippen LogP contribution in [0.2, 0.25) is 5.02 Å². The van der Waals surface area contributed by atoms with Gasteiger partial charge in [0.15, 0.2) is 0 Å². The molecule has 150 valence electrons. The fourth-order valence-corrected chi connectivity index (χ4v) is 3.00. The Morgan fingerprint density at radius 1 is 1.31 bits per heavy atom. The highest BCUT2D eigenvalue weighted by atomic mass is 35.5. The number of nitrogens with zero attached hydrogens (tertiary/aromatic N) is 5. The van der Waals surface area contributed by atoms with Crippen molar-refractivity contribution in [3.8, 4) is 6.07 Å². The molecule has 0 radical (unpaired) electrons. The van der Waals surface area contributed by atoms with Gasteiger partial charge in [0.2, 0.25) is 5.91 Å². The number of aromatic nitrogens is 4. The van der Waals surface area contributed by atoms with Gasteiger partial charge in [-0.15, -0.1) is 5.10 Å². The van der Waals surface area contributed by atoms with Crippen LogP contribution in [0, 0.1) is 25.2 Å². The normalized spacial score (nSPS) is 11.5. The summed E-state index contributed by atoms with van der Waals surface area (Å²) < 4.78 is 39.6. The predicted octanol–water partition coefficient (Wildman–Crippen LogP) is 3.86. The highest BCUT2D eigenvalue weighted by Crippen LogP contribution is 2.27. The Hall–Kier alpha value is -3.19. The largest absolute Gasteiger partial charge is 0.453 e. The van der Waals surface area contributed by atoms with E-state index in [0.717, 1.165) is 4.52 Å². The van der Waals surface area contributed by atoms with Crippen LogP contribution in [0.1, 0.15) is 34.8 Å². The van der Waals surface area contributed by atoms with E-state index in [2.05, 4.69) is 20.4 Å². The maximum atomic E-state index is 12.9. The van der Waals surface area contributed by atoms with Gasteiger partial charge in [0, 0.05) is 23.5 Å². The molecule has 11 heteroatoms. The molecular weight excluding hydrogens is 409 g/mol. The molecule has 29 heavy (non-hydrogen) atoms. The topological polar surface area (TPSA) is 96.0 Å². The van der Waals surface area contributed by atoms with Crippen molar-refractivity contribution in [2.75, 3.05) is 5.32 Å². The zero-order valence-corrected chi connectivity index (χ0v) is 16.1. The van der Waals surface area contributed by atoms with Gasteiger partial charge in [-0.25, -0.2) is 9.50 Å². The SMILES string of the molecule is Cc1nc2nc(C(F)(F)F)nn2c(C)c1CCC(=O)Nc1ccc(Cl)c(C#N)c1. The summed E-state index contributed by atoms with van der Waals surface area (Å²) >= 11 is 5.86. The van der Waals surface area contributed by atoms with Crippen LogP contribution in [0.25, 0.3) is 5.78 Å². The van der Waals surface area contributed by atoms with Gasteiger partial charge in [-0.05, 0) is 44.0 Å². The molecule has 1 aromatic carbocycles. The number of fused-ring (bicyclic) bond motifs is 1. The predicted molar refractivity (Wildman–Crippen MR) is 98.4 cm³/mol. The van der Waals surface area contributed by atoms with Crippen LogP contribution in [-0.4, -0.2) is 25.5 Å². The second-order valence-corrected chi connectivity index (χ2v) is 6.67. The maximum absolute atomic E-state index is 12.9. The number of anilines is 1. The van der Waals surface area contributed by atoms with Crippen molar-refractivity contribution in [2.45, 2.75) is 32.9 Å². The third-order valence-corrected chi connectivity index (χ3v) is 4.60. The van der Waals surface area contributed by atoms with E-state index < -0.39 is 12.0 Å². The van der Waals surface area contributed by atoms with Crippen molar-refractivity contribution in [2.24, 2.45) is 0 Å². The van der Waals surface area contributed by atoms with Crippen molar-refractivity contribution in [1.82, 2.24) is 19.6 Å². The lowest BCUT2D eigenvalue weighted by atomic mass is 10.1. The molecule has 0 saturated heterocycles. The molecule has 0 aliphatic rings. The second-order valence-electron chi connectivity index (χ2n) is 6.26. The number of hydrogen-bond donors (Lipinski definition) is 1. The van der Waals surface area contributed by atoms with Gasteiger partial charge < -0.3 is 5.32 Å². The van der Waals surface area contributed by atoms with Gasteiger partial charge in [-0.3, -0.25) is 4.79 Å². The number of rotatable bonds is 4. The van der Waals surface area contributed by atoms with Crippen LogP contribution in [0.5, 0.6) is 0 Å². The summed E-state index contributed by atoms with van der Waals surface area (Å²) in [5, 5.41) is 15.4. The van der Waals surface area contributed by atoms with Crippen molar-refractivity contribution in [1.29, 1.82) is 5.26 Å². The molecule has 0 saturated carbocycles. The lowest BCUT2D eigenvalue weighted by molar-refractivity contribution is -0.144. The van der Waals surface area contributed by atoms with Gasteiger partial charge in [-0.1, -0.05) is 11.6 Å². The molecule has 3 aromatic rings. The smallest absolute Gasteiger partial charge is 0.326 e. The molecule has 0 aliphatic heterocycles. The highest BCUT2D eigenvalue weighted by Gasteiger charge is 2.36. The molecule has 7 nitrogen and oxygen atoms in total. The zero-order chi connectivity index (χ0) is 21.3. The van der Waals surface area contributed by atoms with Crippen LogP contribution >= 0.6 is 11.6 Å². The first-order chi connectivity index (χ1) is 13.6. The Morgan fingerprint density at radius 2 is 2.03 bits per heavy atom. The molecule has 3 rings (SSSR count). The third-order valence-electron chi connectivity index (χ3n) is 4.28. The summed E-state index contributed by atoms with van der Waals surface area (Å²) in [6, 6.07) is 6.45. The Labute approximate surface area is 168 Å². The van der Waals surface area contributed by atoms with Gasteiger partial charge in [-0.2, -0.15) is 23.4 Å². The first-order valence-corrected chi connectivity index (χ1v) is 8.77. The summed E-state index contributed by atoms with van der Waals surface area (Å²) in [4.78, 5) is 19.8. The molecule has 0 fully saturated rings. The van der Waals surface area contributed by atoms with Crippen LogP contribution in [0.3, 0.4) is 0 Å². The van der Waals surface area contributed by atoms with Gasteiger partial charge >= 0.3 is 6.18 Å². The van der Waals surface area contributed by atoms with Gasteiger partial charge in [0.05, 0.1) is 10.6 Å². The number of carbonyl (C=O) groups excluding carboxylic acids is 1. The first kappa shape index (κ1) is 20.5. The summed E-state index contributed by atoms with van der Waals surface area (Å²) in [5.74, 6) is -1.74. The highest BCUT2D eigenvalue weighted by molar-refractivity contribution is 6.31.